The van der Waals surface area contributed by atoms with Gasteiger partial charge in [-0.1, -0.05) is 43.3 Å². The molecule has 2 aromatic carbocycles. The van der Waals surface area contributed by atoms with Gasteiger partial charge >= 0.3 is 0 Å². The Balaban J connectivity index is 1.39. The van der Waals surface area contributed by atoms with Gasteiger partial charge in [-0.05, 0) is 42.3 Å². The molecule has 4 aromatic rings. The van der Waals surface area contributed by atoms with E-state index in [0.717, 1.165) is 16.6 Å². The van der Waals surface area contributed by atoms with E-state index in [-0.39, 0.29) is 17.4 Å². The molecule has 2 N–H and O–H groups in total. The van der Waals surface area contributed by atoms with Crippen molar-refractivity contribution in [3.05, 3.63) is 83.4 Å². The summed E-state index contributed by atoms with van der Waals surface area (Å²) in [5.41, 5.74) is 4.17. The minimum absolute atomic E-state index is 0.0889. The molecule has 9 nitrogen and oxygen atoms in total. The number of hydrogen-bond acceptors (Lipinski definition) is 8. The first-order valence-corrected chi connectivity index (χ1v) is 13.5. The second-order valence-electron chi connectivity index (χ2n) is 8.79. The number of sulfonamides is 1. The number of fused-ring (bicyclic) bond motifs is 1. The number of nitrogens with one attached hydrogen (secondary N) is 2. The highest BCUT2D eigenvalue weighted by Gasteiger charge is 2.22. The Morgan fingerprint density at radius 2 is 1.73 bits per heavy atom. The molecule has 2 heterocycles. The molecule has 0 amide bonds. The zero-order valence-electron chi connectivity index (χ0n) is 21.2. The monoisotopic (exact) mass is 524 g/mol. The summed E-state index contributed by atoms with van der Waals surface area (Å²) in [6.45, 7) is 5.85. The Morgan fingerprint density at radius 3 is 2.49 bits per heavy atom. The number of aryl methyl sites for hydroxylation is 1. The Morgan fingerprint density at radius 1 is 0.973 bits per heavy atom. The second-order valence-corrected chi connectivity index (χ2v) is 10.5. The van der Waals surface area contributed by atoms with Crippen LogP contribution in [0.4, 0.5) is 5.82 Å². The van der Waals surface area contributed by atoms with Crippen LogP contribution >= 0.6 is 0 Å². The molecule has 1 unspecified atom stereocenters. The van der Waals surface area contributed by atoms with Crippen LogP contribution in [0.3, 0.4) is 0 Å². The Hall–Kier alpha value is -3.31. The van der Waals surface area contributed by atoms with Crippen LogP contribution in [0.5, 0.6) is 0 Å². The molecule has 0 spiro atoms. The lowest BCUT2D eigenvalue weighted by Crippen LogP contribution is -2.28. The van der Waals surface area contributed by atoms with Crippen molar-refractivity contribution in [1.29, 1.82) is 0 Å². The first-order chi connectivity index (χ1) is 17.9. The summed E-state index contributed by atoms with van der Waals surface area (Å²) in [6, 6.07) is 18.6. The predicted octanol–water partition coefficient (Wildman–Crippen LogP) is 4.39. The van der Waals surface area contributed by atoms with E-state index < -0.39 is 10.0 Å². The molecule has 2 aromatic heterocycles. The van der Waals surface area contributed by atoms with E-state index in [1.165, 1.54) is 0 Å². The SMILES string of the molecule is COCCOCc1ccc(CNc2nc(C)ccc2S(=O)(=O)NCC(C)c2nc3ccccc3o2)cc1. The summed E-state index contributed by atoms with van der Waals surface area (Å²) >= 11 is 0. The van der Waals surface area contributed by atoms with Crippen molar-refractivity contribution in [3.63, 3.8) is 0 Å². The minimum atomic E-state index is -3.84. The van der Waals surface area contributed by atoms with Crippen LogP contribution in [-0.4, -0.2) is 45.3 Å². The fourth-order valence-corrected chi connectivity index (χ4v) is 4.90. The molecule has 0 aliphatic heterocycles. The number of rotatable bonds is 13. The lowest BCUT2D eigenvalue weighted by atomic mass is 10.1. The molecule has 1 atom stereocenters. The van der Waals surface area contributed by atoms with Gasteiger partial charge in [0.2, 0.25) is 10.0 Å². The molecule has 0 radical (unpaired) electrons. The number of anilines is 1. The van der Waals surface area contributed by atoms with E-state index in [0.29, 0.717) is 49.4 Å². The number of benzene rings is 2. The van der Waals surface area contributed by atoms with E-state index in [2.05, 4.69) is 20.0 Å². The molecule has 0 aliphatic rings. The van der Waals surface area contributed by atoms with Gasteiger partial charge in [0.05, 0.1) is 19.8 Å². The zero-order chi connectivity index (χ0) is 26.3. The van der Waals surface area contributed by atoms with Crippen molar-refractivity contribution >= 4 is 26.9 Å². The molecule has 0 fully saturated rings. The molecule has 0 saturated carbocycles. The van der Waals surface area contributed by atoms with Gasteiger partial charge in [0, 0.05) is 31.8 Å². The molecular weight excluding hydrogens is 492 g/mol. The van der Waals surface area contributed by atoms with Gasteiger partial charge in [-0.25, -0.2) is 23.1 Å². The standard InChI is InChI=1S/C27H32N4O5S/c1-19(27-31-23-6-4-5-7-24(23)36-27)16-29-37(32,33)25-13-8-20(2)30-26(25)28-17-21-9-11-22(12-10-21)18-35-15-14-34-3/h4-13,19,29H,14-18H2,1-3H3,(H,28,30). The maximum Gasteiger partial charge on any atom is 0.244 e. The first-order valence-electron chi connectivity index (χ1n) is 12.1. The maximum absolute atomic E-state index is 13.2. The number of pyridine rings is 1. The van der Waals surface area contributed by atoms with Crippen LogP contribution in [0.1, 0.15) is 35.6 Å². The van der Waals surface area contributed by atoms with E-state index >= 15 is 0 Å². The molecule has 0 bridgehead atoms. The van der Waals surface area contributed by atoms with Crippen molar-refractivity contribution in [2.75, 3.05) is 32.2 Å². The first kappa shape index (κ1) is 26.7. The van der Waals surface area contributed by atoms with Crippen LogP contribution in [0, 0.1) is 6.92 Å². The number of ether oxygens (including phenoxy) is 2. The normalized spacial score (nSPS) is 12.6. The fraction of sp³-hybridized carbons (Fsp3) is 0.333. The lowest BCUT2D eigenvalue weighted by Gasteiger charge is -2.15. The summed E-state index contributed by atoms with van der Waals surface area (Å²) in [6.07, 6.45) is 0. The summed E-state index contributed by atoms with van der Waals surface area (Å²) in [7, 11) is -2.20. The summed E-state index contributed by atoms with van der Waals surface area (Å²) in [4.78, 5) is 9.01. The quantitative estimate of drug-likeness (QED) is 0.248. The lowest BCUT2D eigenvalue weighted by molar-refractivity contribution is 0.0616. The van der Waals surface area contributed by atoms with Crippen molar-refractivity contribution in [3.8, 4) is 0 Å². The summed E-state index contributed by atoms with van der Waals surface area (Å²) in [5, 5.41) is 3.18. The van der Waals surface area contributed by atoms with Gasteiger partial charge in [-0.2, -0.15) is 0 Å². The third kappa shape index (κ3) is 7.14. The smallest absolute Gasteiger partial charge is 0.244 e. The Labute approximate surface area is 217 Å². The third-order valence-corrected chi connectivity index (χ3v) is 7.24. The topological polar surface area (TPSA) is 116 Å². The average molecular weight is 525 g/mol. The summed E-state index contributed by atoms with van der Waals surface area (Å²) in [5.74, 6) is 0.528. The highest BCUT2D eigenvalue weighted by Crippen LogP contribution is 2.23. The zero-order valence-corrected chi connectivity index (χ0v) is 22.0. The van der Waals surface area contributed by atoms with E-state index in [1.54, 1.807) is 19.2 Å². The number of hydrogen-bond donors (Lipinski definition) is 2. The Kier molecular flexibility index (Phi) is 8.88. The number of aromatic nitrogens is 2. The largest absolute Gasteiger partial charge is 0.440 e. The van der Waals surface area contributed by atoms with E-state index in [9.17, 15) is 8.42 Å². The van der Waals surface area contributed by atoms with Crippen molar-refractivity contribution in [2.45, 2.75) is 37.8 Å². The number of para-hydroxylation sites is 2. The summed E-state index contributed by atoms with van der Waals surface area (Å²) < 4.78 is 45.4. The third-order valence-electron chi connectivity index (χ3n) is 5.78. The van der Waals surface area contributed by atoms with Crippen molar-refractivity contribution in [2.24, 2.45) is 0 Å². The minimum Gasteiger partial charge on any atom is -0.440 e. The van der Waals surface area contributed by atoms with Crippen LogP contribution in [-0.2, 0) is 32.6 Å². The molecule has 10 heteroatoms. The molecule has 0 aliphatic carbocycles. The number of nitrogens with zero attached hydrogens (tertiary/aromatic N) is 2. The van der Waals surface area contributed by atoms with E-state index in [4.69, 9.17) is 13.9 Å². The fourth-order valence-electron chi connectivity index (χ4n) is 3.66. The van der Waals surface area contributed by atoms with Crippen LogP contribution in [0.25, 0.3) is 11.1 Å². The van der Waals surface area contributed by atoms with Gasteiger partial charge in [-0.15, -0.1) is 0 Å². The number of oxazole rings is 1. The molecule has 196 valence electrons. The van der Waals surface area contributed by atoms with Gasteiger partial charge in [-0.3, -0.25) is 0 Å². The van der Waals surface area contributed by atoms with Gasteiger partial charge < -0.3 is 19.2 Å². The molecular formula is C27H32N4O5S. The van der Waals surface area contributed by atoms with Crippen LogP contribution in [0.15, 0.2) is 70.0 Å². The van der Waals surface area contributed by atoms with Gasteiger partial charge in [0.25, 0.3) is 0 Å². The second kappa shape index (κ2) is 12.3. The average Bonchev–Trinajstić information content (AvgIpc) is 3.34. The van der Waals surface area contributed by atoms with Crippen LogP contribution in [0.2, 0.25) is 0 Å². The van der Waals surface area contributed by atoms with Crippen LogP contribution < -0.4 is 10.0 Å². The van der Waals surface area contributed by atoms with Crippen molar-refractivity contribution in [1.82, 2.24) is 14.7 Å². The molecule has 4 rings (SSSR count). The highest BCUT2D eigenvalue weighted by molar-refractivity contribution is 7.89. The number of methoxy groups -OCH3 is 1. The van der Waals surface area contributed by atoms with E-state index in [1.807, 2.05) is 62.4 Å². The van der Waals surface area contributed by atoms with Gasteiger partial charge in [0.1, 0.15) is 16.2 Å². The van der Waals surface area contributed by atoms with Gasteiger partial charge in [0.15, 0.2) is 11.5 Å². The Bertz CT molecular complexity index is 1390. The molecule has 0 saturated heterocycles. The highest BCUT2D eigenvalue weighted by atomic mass is 32.2. The van der Waals surface area contributed by atoms with Crippen molar-refractivity contribution < 1.29 is 22.3 Å². The predicted molar refractivity (Wildman–Crippen MR) is 142 cm³/mol. The molecule has 37 heavy (non-hydrogen) atoms. The maximum atomic E-state index is 13.2.